The number of carbonyl (C=O) groups excluding carboxylic acids is 1. The smallest absolute Gasteiger partial charge is 0.375 e. The molecule has 1 amide bonds. The van der Waals surface area contributed by atoms with Crippen LogP contribution in [0.15, 0.2) is 30.6 Å². The van der Waals surface area contributed by atoms with Crippen LogP contribution in [0.5, 0.6) is 5.88 Å². The molecule has 1 N–H and O–H groups in total. The summed E-state index contributed by atoms with van der Waals surface area (Å²) in [6.45, 7) is 0. The Balaban J connectivity index is 1.74. The van der Waals surface area contributed by atoms with Gasteiger partial charge in [0.05, 0.1) is 16.8 Å². The molecule has 0 aliphatic heterocycles. The number of alkyl halides is 10. The number of aryl methyl sites for hydroxylation is 1. The average Bonchev–Trinajstić information content (AvgIpc) is 3.39. The van der Waals surface area contributed by atoms with Crippen molar-refractivity contribution in [1.82, 2.24) is 24.9 Å². The quantitative estimate of drug-likeness (QED) is 0.336. The number of rotatable bonds is 7. The molecule has 1 aliphatic carbocycles. The van der Waals surface area contributed by atoms with Crippen molar-refractivity contribution >= 4 is 28.6 Å². The van der Waals surface area contributed by atoms with Gasteiger partial charge in [-0.05, 0) is 30.5 Å². The monoisotopic (exact) mass is 641 g/mol. The lowest BCUT2D eigenvalue weighted by molar-refractivity contribution is -0.305. The molecule has 224 valence electrons. The molecule has 1 saturated carbocycles. The maximum atomic E-state index is 14.1. The van der Waals surface area contributed by atoms with E-state index in [1.165, 1.54) is 18.2 Å². The summed E-state index contributed by atoms with van der Waals surface area (Å²) in [5.41, 5.74) is -1.72. The van der Waals surface area contributed by atoms with Gasteiger partial charge in [0, 0.05) is 24.8 Å². The van der Waals surface area contributed by atoms with E-state index in [-0.39, 0.29) is 27.8 Å². The molecule has 1 aliphatic rings. The molecule has 0 bridgehead atoms. The minimum absolute atomic E-state index is 0.0174. The van der Waals surface area contributed by atoms with Crippen LogP contribution in [-0.4, -0.2) is 53.1 Å². The molecular formula is C21H14ClF10N5O3S. The van der Waals surface area contributed by atoms with Crippen LogP contribution in [0.3, 0.4) is 0 Å². The van der Waals surface area contributed by atoms with Crippen LogP contribution in [0.4, 0.5) is 43.9 Å². The van der Waals surface area contributed by atoms with E-state index in [2.05, 4.69) is 19.7 Å². The highest BCUT2D eigenvalue weighted by Crippen LogP contribution is 2.50. The summed E-state index contributed by atoms with van der Waals surface area (Å²) < 4.78 is 150. The van der Waals surface area contributed by atoms with Crippen molar-refractivity contribution in [3.05, 3.63) is 46.7 Å². The first-order chi connectivity index (χ1) is 18.8. The van der Waals surface area contributed by atoms with E-state index in [1.807, 2.05) is 0 Å². The standard InChI is InChI=1S/C21H14ClF10N5O3S/c1-36-17(14(18(23,24)25)16(35-36)40-41(39)19(26,20(27,28)29)21(30,31)32)37-8-10(7-33-37)9-2-5-13(22)12(6-9)15(38)34-11-3-4-11/h2,5-8,11H,3-4H2,1H3,(H,34,38). The Morgan fingerprint density at radius 1 is 1.05 bits per heavy atom. The summed E-state index contributed by atoms with van der Waals surface area (Å²) >= 11 is 0.967. The van der Waals surface area contributed by atoms with E-state index in [0.717, 1.165) is 32.3 Å². The van der Waals surface area contributed by atoms with Crippen LogP contribution >= 0.6 is 11.6 Å². The summed E-state index contributed by atoms with van der Waals surface area (Å²) in [5, 5.41) is 3.05. The number of benzene rings is 1. The third kappa shape index (κ3) is 5.73. The van der Waals surface area contributed by atoms with Gasteiger partial charge in [-0.25, -0.2) is 18.0 Å². The van der Waals surface area contributed by atoms with Crippen molar-refractivity contribution in [3.8, 4) is 22.8 Å². The number of carbonyl (C=O) groups is 1. The number of aromatic nitrogens is 4. The summed E-state index contributed by atoms with van der Waals surface area (Å²) in [6.07, 6.45) is -15.8. The molecule has 0 spiro atoms. The molecular weight excluding hydrogens is 628 g/mol. The highest BCUT2D eigenvalue weighted by molar-refractivity contribution is 7.82. The predicted molar refractivity (Wildman–Crippen MR) is 121 cm³/mol. The minimum Gasteiger partial charge on any atom is -0.375 e. The third-order valence-corrected chi connectivity index (χ3v) is 7.20. The second kappa shape index (κ2) is 10.2. The molecule has 3 aromatic rings. The zero-order chi connectivity index (χ0) is 30.7. The van der Waals surface area contributed by atoms with Crippen LogP contribution < -0.4 is 9.50 Å². The van der Waals surface area contributed by atoms with Gasteiger partial charge in [0.2, 0.25) is 0 Å². The van der Waals surface area contributed by atoms with Gasteiger partial charge in [0.15, 0.2) is 11.4 Å². The molecule has 41 heavy (non-hydrogen) atoms. The number of hydrogen-bond acceptors (Lipinski definition) is 5. The molecule has 1 atom stereocenters. The third-order valence-electron chi connectivity index (χ3n) is 5.64. The Labute approximate surface area is 229 Å². The van der Waals surface area contributed by atoms with Gasteiger partial charge in [-0.3, -0.25) is 4.79 Å². The first-order valence-corrected chi connectivity index (χ1v) is 12.4. The van der Waals surface area contributed by atoms with Crippen molar-refractivity contribution in [1.29, 1.82) is 0 Å². The predicted octanol–water partition coefficient (Wildman–Crippen LogP) is 5.67. The molecule has 1 fully saturated rings. The van der Waals surface area contributed by atoms with Crippen molar-refractivity contribution in [2.75, 3.05) is 0 Å². The van der Waals surface area contributed by atoms with Gasteiger partial charge in [0.25, 0.3) is 22.9 Å². The minimum atomic E-state index is -6.88. The van der Waals surface area contributed by atoms with Gasteiger partial charge in [-0.15, -0.1) is 5.10 Å². The summed E-state index contributed by atoms with van der Waals surface area (Å²) in [4.78, 5) is 12.5. The Hall–Kier alpha value is -3.35. The Morgan fingerprint density at radius 3 is 2.20 bits per heavy atom. The van der Waals surface area contributed by atoms with Crippen molar-refractivity contribution in [2.24, 2.45) is 7.05 Å². The highest BCUT2D eigenvalue weighted by Gasteiger charge is 2.79. The fourth-order valence-corrected chi connectivity index (χ4v) is 4.45. The molecule has 2 aromatic heterocycles. The summed E-state index contributed by atoms with van der Waals surface area (Å²) in [7, 11) is 0.792. The van der Waals surface area contributed by atoms with Crippen molar-refractivity contribution < 1.29 is 57.1 Å². The summed E-state index contributed by atoms with van der Waals surface area (Å²) in [5.74, 6) is -3.64. The average molecular weight is 642 g/mol. The zero-order valence-electron chi connectivity index (χ0n) is 20.0. The van der Waals surface area contributed by atoms with Crippen LogP contribution in [0.2, 0.25) is 5.02 Å². The number of halogens is 11. The zero-order valence-corrected chi connectivity index (χ0v) is 21.5. The SMILES string of the molecule is Cn1nc(OS(=O)C(F)(C(F)(F)F)C(F)(F)F)c(C(F)(F)F)c1-n1cc(-c2ccc(Cl)c(C(=O)NC3CC3)c2)cn1. The normalized spacial score (nSPS) is 15.6. The lowest BCUT2D eigenvalue weighted by Crippen LogP contribution is -2.57. The number of nitrogens with zero attached hydrogens (tertiary/aromatic N) is 4. The van der Waals surface area contributed by atoms with Crippen LogP contribution in [0.25, 0.3) is 16.9 Å². The van der Waals surface area contributed by atoms with Gasteiger partial charge in [-0.2, -0.15) is 44.6 Å². The fraction of sp³-hybridized carbons (Fsp3) is 0.381. The van der Waals surface area contributed by atoms with E-state index < -0.39 is 57.8 Å². The molecule has 4 rings (SSSR count). The molecule has 20 heteroatoms. The number of amides is 1. The maximum absolute atomic E-state index is 14.1. The van der Waals surface area contributed by atoms with E-state index in [4.69, 9.17) is 11.6 Å². The number of nitrogens with one attached hydrogen (secondary N) is 1. The molecule has 0 saturated heterocycles. The van der Waals surface area contributed by atoms with Crippen LogP contribution in [0, 0.1) is 0 Å². The fourth-order valence-electron chi connectivity index (χ4n) is 3.50. The van der Waals surface area contributed by atoms with Crippen LogP contribution in [-0.2, 0) is 24.3 Å². The van der Waals surface area contributed by atoms with Crippen LogP contribution in [0.1, 0.15) is 28.8 Å². The maximum Gasteiger partial charge on any atom is 0.447 e. The van der Waals surface area contributed by atoms with Crippen molar-refractivity contribution in [3.63, 3.8) is 0 Å². The van der Waals surface area contributed by atoms with Crippen molar-refractivity contribution in [2.45, 2.75) is 42.4 Å². The lowest BCUT2D eigenvalue weighted by Gasteiger charge is -2.27. The van der Waals surface area contributed by atoms with E-state index in [9.17, 15) is 52.9 Å². The Morgan fingerprint density at radius 2 is 1.66 bits per heavy atom. The lowest BCUT2D eigenvalue weighted by atomic mass is 10.1. The first kappa shape index (κ1) is 30.6. The molecule has 8 nitrogen and oxygen atoms in total. The Bertz CT molecular complexity index is 1500. The second-order valence-corrected chi connectivity index (χ2v) is 10.3. The second-order valence-electron chi connectivity index (χ2n) is 8.65. The largest absolute Gasteiger partial charge is 0.447 e. The first-order valence-electron chi connectivity index (χ1n) is 11.0. The molecule has 1 unspecified atom stereocenters. The molecule has 1 aromatic carbocycles. The highest BCUT2D eigenvalue weighted by atomic mass is 35.5. The van der Waals surface area contributed by atoms with Gasteiger partial charge >= 0.3 is 23.5 Å². The molecule has 2 heterocycles. The van der Waals surface area contributed by atoms with E-state index in [1.54, 1.807) is 0 Å². The topological polar surface area (TPSA) is 91.0 Å². The summed E-state index contributed by atoms with van der Waals surface area (Å²) in [6, 6.07) is 4.05. The van der Waals surface area contributed by atoms with E-state index >= 15 is 0 Å². The van der Waals surface area contributed by atoms with Gasteiger partial charge < -0.3 is 9.50 Å². The van der Waals surface area contributed by atoms with Gasteiger partial charge in [-0.1, -0.05) is 17.7 Å². The van der Waals surface area contributed by atoms with Gasteiger partial charge in [0.1, 0.15) is 0 Å². The number of hydrogen-bond donors (Lipinski definition) is 1. The molecule has 0 radical (unpaired) electrons. The van der Waals surface area contributed by atoms with E-state index in [0.29, 0.717) is 9.36 Å². The Kier molecular flexibility index (Phi) is 7.60.